The smallest absolute Gasteiger partial charge is 0.203 e. The van der Waals surface area contributed by atoms with Gasteiger partial charge < -0.3 is 0 Å². The van der Waals surface area contributed by atoms with Crippen LogP contribution in [-0.2, 0) is 0 Å². The average Bonchev–Trinajstić information content (AvgIpc) is 2.03. The highest BCUT2D eigenvalue weighted by Crippen LogP contribution is 2.29. The Balaban J connectivity index is 2.29. The summed E-state index contributed by atoms with van der Waals surface area (Å²) in [7, 11) is 0. The molecule has 0 radical (unpaired) electrons. The van der Waals surface area contributed by atoms with E-state index in [2.05, 4.69) is 9.80 Å². The fraction of sp³-hybridized carbons (Fsp3) is 1.00. The molecule has 1 fully saturated rings. The van der Waals surface area contributed by atoms with Crippen molar-refractivity contribution < 1.29 is 0 Å². The summed E-state index contributed by atoms with van der Waals surface area (Å²) in [5, 5.41) is 0. The molecule has 0 aliphatic carbocycles. The van der Waals surface area contributed by atoms with Gasteiger partial charge in [-0.05, 0) is 0 Å². The van der Waals surface area contributed by atoms with E-state index in [0.29, 0.717) is 13.1 Å². The van der Waals surface area contributed by atoms with Crippen LogP contribution >= 0.6 is 69.6 Å². The zero-order valence-corrected chi connectivity index (χ0v) is 12.9. The fourth-order valence-corrected chi connectivity index (χ4v) is 2.63. The molecule has 16 heavy (non-hydrogen) atoms. The van der Waals surface area contributed by atoms with Crippen molar-refractivity contribution in [3.8, 4) is 0 Å². The lowest BCUT2D eigenvalue weighted by Gasteiger charge is -2.37. The molecule has 0 atom stereocenters. The molecule has 0 aromatic heterocycles. The van der Waals surface area contributed by atoms with Gasteiger partial charge in [-0.15, -0.1) is 0 Å². The molecule has 1 saturated heterocycles. The van der Waals surface area contributed by atoms with Crippen LogP contribution in [0.1, 0.15) is 0 Å². The van der Waals surface area contributed by atoms with Gasteiger partial charge in [0.1, 0.15) is 0 Å². The molecule has 1 heterocycles. The summed E-state index contributed by atoms with van der Waals surface area (Å²) < 4.78 is -2.45. The molecule has 1 aliphatic rings. The average molecular weight is 349 g/mol. The Morgan fingerprint density at radius 2 is 0.875 bits per heavy atom. The maximum Gasteiger partial charge on any atom is 0.203 e. The van der Waals surface area contributed by atoms with Gasteiger partial charge in [-0.3, -0.25) is 9.80 Å². The van der Waals surface area contributed by atoms with Crippen LogP contribution in [0.3, 0.4) is 0 Å². The van der Waals surface area contributed by atoms with E-state index in [0.717, 1.165) is 26.2 Å². The monoisotopic (exact) mass is 346 g/mol. The Hall–Kier alpha value is 1.66. The summed E-state index contributed by atoms with van der Waals surface area (Å²) in [5.41, 5.74) is 0. The van der Waals surface area contributed by atoms with Crippen LogP contribution in [0, 0.1) is 0 Å². The van der Waals surface area contributed by atoms with Gasteiger partial charge in [0, 0.05) is 39.3 Å². The van der Waals surface area contributed by atoms with E-state index in [9.17, 15) is 0 Å². The van der Waals surface area contributed by atoms with E-state index in [-0.39, 0.29) is 0 Å². The second-order valence-corrected chi connectivity index (χ2v) is 8.81. The van der Waals surface area contributed by atoms with E-state index in [1.807, 2.05) is 0 Å². The Morgan fingerprint density at radius 3 is 1.06 bits per heavy atom. The number of hydrogen-bond donors (Lipinski definition) is 0. The molecule has 0 N–H and O–H groups in total. The molecule has 0 saturated carbocycles. The van der Waals surface area contributed by atoms with Crippen molar-refractivity contribution in [3.05, 3.63) is 0 Å². The Morgan fingerprint density at radius 1 is 0.625 bits per heavy atom. The van der Waals surface area contributed by atoms with Gasteiger partial charge in [-0.25, -0.2) is 0 Å². The number of hydrogen-bond acceptors (Lipinski definition) is 2. The minimum absolute atomic E-state index is 0.430. The second-order valence-electron chi connectivity index (χ2n) is 3.78. The third-order valence-corrected chi connectivity index (χ3v) is 2.99. The first kappa shape index (κ1) is 15.7. The lowest BCUT2D eigenvalue weighted by molar-refractivity contribution is 0.136. The summed E-state index contributed by atoms with van der Waals surface area (Å²) >= 11 is 34.3. The number of alkyl halides is 6. The summed E-state index contributed by atoms with van der Waals surface area (Å²) in [5.74, 6) is 0. The third-order valence-electron chi connectivity index (χ3n) is 2.27. The molecule has 0 amide bonds. The van der Waals surface area contributed by atoms with Crippen LogP contribution in [0.4, 0.5) is 0 Å². The van der Waals surface area contributed by atoms with Gasteiger partial charge in [-0.2, -0.15) is 0 Å². The second kappa shape index (κ2) is 6.21. The van der Waals surface area contributed by atoms with Crippen molar-refractivity contribution in [2.45, 2.75) is 7.59 Å². The zero-order chi connectivity index (χ0) is 12.4. The molecule has 8 heteroatoms. The van der Waals surface area contributed by atoms with Gasteiger partial charge in [0.05, 0.1) is 0 Å². The highest BCUT2D eigenvalue weighted by Gasteiger charge is 2.29. The molecular formula is C8H12Cl6N2. The largest absolute Gasteiger partial charge is 0.297 e. The van der Waals surface area contributed by atoms with Gasteiger partial charge in [0.25, 0.3) is 0 Å². The van der Waals surface area contributed by atoms with Crippen LogP contribution in [-0.4, -0.2) is 56.7 Å². The predicted octanol–water partition coefficient (Wildman–Crippen LogP) is 3.34. The Labute approximate surface area is 126 Å². The van der Waals surface area contributed by atoms with Gasteiger partial charge >= 0.3 is 0 Å². The third kappa shape index (κ3) is 7.17. The van der Waals surface area contributed by atoms with Crippen LogP contribution in [0.25, 0.3) is 0 Å². The molecule has 2 nitrogen and oxygen atoms in total. The summed E-state index contributed by atoms with van der Waals surface area (Å²) in [6, 6.07) is 0. The van der Waals surface area contributed by atoms with Crippen molar-refractivity contribution in [2.24, 2.45) is 0 Å². The summed E-state index contributed by atoms with van der Waals surface area (Å²) in [6.45, 7) is 4.12. The molecule has 96 valence electrons. The Bertz CT molecular complexity index is 192. The van der Waals surface area contributed by atoms with Crippen molar-refractivity contribution >= 4 is 69.6 Å². The first-order valence-electron chi connectivity index (χ1n) is 4.74. The normalized spacial score (nSPS) is 21.4. The summed E-state index contributed by atoms with van der Waals surface area (Å²) in [4.78, 5) is 4.17. The van der Waals surface area contributed by atoms with Crippen molar-refractivity contribution in [2.75, 3.05) is 39.3 Å². The molecule has 1 rings (SSSR count). The molecule has 0 unspecified atom stereocenters. The molecular weight excluding hydrogens is 337 g/mol. The first-order chi connectivity index (χ1) is 7.16. The zero-order valence-electron chi connectivity index (χ0n) is 8.40. The quantitative estimate of drug-likeness (QED) is 0.706. The number of rotatable bonds is 2. The van der Waals surface area contributed by atoms with Gasteiger partial charge in [0.2, 0.25) is 7.59 Å². The minimum Gasteiger partial charge on any atom is -0.297 e. The molecule has 0 aromatic rings. The van der Waals surface area contributed by atoms with Crippen LogP contribution in [0.15, 0.2) is 0 Å². The fourth-order valence-electron chi connectivity index (χ4n) is 1.61. The lowest BCUT2D eigenvalue weighted by atomic mass is 10.3. The van der Waals surface area contributed by atoms with E-state index in [4.69, 9.17) is 69.6 Å². The van der Waals surface area contributed by atoms with Crippen molar-refractivity contribution in [1.29, 1.82) is 0 Å². The van der Waals surface area contributed by atoms with Crippen molar-refractivity contribution in [1.82, 2.24) is 9.80 Å². The van der Waals surface area contributed by atoms with E-state index < -0.39 is 7.59 Å². The van der Waals surface area contributed by atoms with Gasteiger partial charge in [-0.1, -0.05) is 69.6 Å². The highest BCUT2D eigenvalue weighted by atomic mass is 35.6. The summed E-state index contributed by atoms with van der Waals surface area (Å²) in [6.07, 6.45) is 0. The van der Waals surface area contributed by atoms with Crippen LogP contribution < -0.4 is 0 Å². The Kier molecular flexibility index (Phi) is 6.10. The minimum atomic E-state index is -1.22. The maximum atomic E-state index is 5.72. The van der Waals surface area contributed by atoms with Crippen LogP contribution in [0.2, 0.25) is 0 Å². The lowest BCUT2D eigenvalue weighted by Crippen LogP contribution is -2.50. The highest BCUT2D eigenvalue weighted by molar-refractivity contribution is 6.68. The van der Waals surface area contributed by atoms with Gasteiger partial charge in [0.15, 0.2) is 0 Å². The molecule has 0 aromatic carbocycles. The van der Waals surface area contributed by atoms with E-state index in [1.165, 1.54) is 0 Å². The molecule has 1 aliphatic heterocycles. The van der Waals surface area contributed by atoms with E-state index >= 15 is 0 Å². The topological polar surface area (TPSA) is 6.48 Å². The standard InChI is InChI=1S/C8H12Cl6N2/c9-7(10,11)5-15-1-2-16(4-3-15)6-8(12,13)14/h1-6H2. The SMILES string of the molecule is ClC(Cl)(Cl)CN1CCN(CC(Cl)(Cl)Cl)CC1. The van der Waals surface area contributed by atoms with Crippen LogP contribution in [0.5, 0.6) is 0 Å². The van der Waals surface area contributed by atoms with E-state index in [1.54, 1.807) is 0 Å². The maximum absolute atomic E-state index is 5.72. The molecule has 0 bridgehead atoms. The van der Waals surface area contributed by atoms with Crippen molar-refractivity contribution in [3.63, 3.8) is 0 Å². The number of halogens is 6. The first-order valence-corrected chi connectivity index (χ1v) is 7.01. The predicted molar refractivity (Wildman–Crippen MR) is 73.5 cm³/mol. The number of piperazine rings is 1. The number of nitrogens with zero attached hydrogens (tertiary/aromatic N) is 2. The molecule has 0 spiro atoms.